The van der Waals surface area contributed by atoms with E-state index in [1.807, 2.05) is 60.7 Å². The highest BCUT2D eigenvalue weighted by Gasteiger charge is 2.25. The molecule has 0 unspecified atom stereocenters. The van der Waals surface area contributed by atoms with Gasteiger partial charge in [-0.05, 0) is 23.3 Å². The molecule has 0 N–H and O–H groups in total. The van der Waals surface area contributed by atoms with Crippen molar-refractivity contribution in [3.63, 3.8) is 0 Å². The largest absolute Gasteiger partial charge is 0.330 e. The molecule has 136 valence electrons. The van der Waals surface area contributed by atoms with Crippen LogP contribution in [0.4, 0.5) is 5.69 Å². The summed E-state index contributed by atoms with van der Waals surface area (Å²) in [6.07, 6.45) is 0. The molecule has 0 radical (unpaired) electrons. The van der Waals surface area contributed by atoms with Gasteiger partial charge in [-0.1, -0.05) is 72.3 Å². The van der Waals surface area contributed by atoms with E-state index in [-0.39, 0.29) is 16.3 Å². The lowest BCUT2D eigenvalue weighted by atomic mass is 10.1. The molecule has 3 rings (SSSR count). The van der Waals surface area contributed by atoms with Crippen LogP contribution in [0, 0.1) is 10.1 Å². The van der Waals surface area contributed by atoms with E-state index in [0.717, 1.165) is 11.1 Å². The molecule has 0 saturated carbocycles. The lowest BCUT2D eigenvalue weighted by Crippen LogP contribution is -2.30. The number of nitrogens with zero attached hydrogens (tertiary/aromatic N) is 2. The van der Waals surface area contributed by atoms with Crippen molar-refractivity contribution in [3.8, 4) is 0 Å². The quantitative estimate of drug-likeness (QED) is 0.442. The molecular weight excluding hydrogens is 364 g/mol. The molecule has 3 aromatic carbocycles. The maximum atomic E-state index is 13.2. The van der Waals surface area contributed by atoms with Gasteiger partial charge in [-0.25, -0.2) is 0 Å². The normalized spacial score (nSPS) is 10.4. The SMILES string of the molecule is O=C(c1cc(Cl)ccc1[N+](=O)[O-])N(Cc1ccccc1)Cc1ccccc1. The van der Waals surface area contributed by atoms with Gasteiger partial charge in [-0.3, -0.25) is 14.9 Å². The second-order valence-corrected chi connectivity index (χ2v) is 6.49. The number of amides is 1. The van der Waals surface area contributed by atoms with E-state index in [9.17, 15) is 14.9 Å². The van der Waals surface area contributed by atoms with Gasteiger partial charge in [-0.2, -0.15) is 0 Å². The first-order valence-corrected chi connectivity index (χ1v) is 8.73. The Bertz CT molecular complexity index is 905. The molecule has 0 aromatic heterocycles. The second-order valence-electron chi connectivity index (χ2n) is 6.05. The highest BCUT2D eigenvalue weighted by molar-refractivity contribution is 6.31. The lowest BCUT2D eigenvalue weighted by molar-refractivity contribution is -0.385. The number of rotatable bonds is 6. The summed E-state index contributed by atoms with van der Waals surface area (Å²) in [5.74, 6) is -0.433. The summed E-state index contributed by atoms with van der Waals surface area (Å²) < 4.78 is 0. The maximum Gasteiger partial charge on any atom is 0.282 e. The average molecular weight is 381 g/mol. The van der Waals surface area contributed by atoms with Gasteiger partial charge in [-0.15, -0.1) is 0 Å². The molecule has 0 saturated heterocycles. The summed E-state index contributed by atoms with van der Waals surface area (Å²) in [6, 6.07) is 23.0. The Morgan fingerprint density at radius 1 is 0.889 bits per heavy atom. The van der Waals surface area contributed by atoms with Gasteiger partial charge in [0, 0.05) is 24.2 Å². The van der Waals surface area contributed by atoms with Gasteiger partial charge in [0.25, 0.3) is 11.6 Å². The van der Waals surface area contributed by atoms with Crippen LogP contribution in [-0.2, 0) is 13.1 Å². The number of nitro groups is 1. The highest BCUT2D eigenvalue weighted by Crippen LogP contribution is 2.25. The molecule has 0 aliphatic heterocycles. The smallest absolute Gasteiger partial charge is 0.282 e. The summed E-state index contributed by atoms with van der Waals surface area (Å²) in [6.45, 7) is 0.663. The van der Waals surface area contributed by atoms with Crippen molar-refractivity contribution < 1.29 is 9.72 Å². The van der Waals surface area contributed by atoms with Crippen molar-refractivity contribution in [2.45, 2.75) is 13.1 Å². The van der Waals surface area contributed by atoms with Gasteiger partial charge < -0.3 is 4.90 Å². The molecule has 0 aliphatic carbocycles. The molecule has 0 spiro atoms. The Labute approximate surface area is 162 Å². The van der Waals surface area contributed by atoms with Crippen LogP contribution in [0.3, 0.4) is 0 Å². The van der Waals surface area contributed by atoms with Crippen LogP contribution in [0.15, 0.2) is 78.9 Å². The van der Waals surface area contributed by atoms with Crippen molar-refractivity contribution in [3.05, 3.63) is 111 Å². The van der Waals surface area contributed by atoms with Crippen LogP contribution >= 0.6 is 11.6 Å². The van der Waals surface area contributed by atoms with Crippen molar-refractivity contribution in [2.75, 3.05) is 0 Å². The molecule has 6 heteroatoms. The first kappa shape index (κ1) is 18.6. The standard InChI is InChI=1S/C21H17ClN2O3/c22-18-11-12-20(24(26)27)19(13-18)21(25)23(14-16-7-3-1-4-8-16)15-17-9-5-2-6-10-17/h1-13H,14-15H2. The minimum atomic E-state index is -0.563. The molecule has 1 amide bonds. The number of halogens is 1. The third-order valence-corrected chi connectivity index (χ3v) is 4.34. The predicted molar refractivity (Wildman–Crippen MR) is 105 cm³/mol. The lowest BCUT2D eigenvalue weighted by Gasteiger charge is -2.23. The molecule has 5 nitrogen and oxygen atoms in total. The molecule has 0 atom stereocenters. The monoisotopic (exact) mass is 380 g/mol. The Balaban J connectivity index is 1.98. The minimum absolute atomic E-state index is 0.0145. The number of carbonyl (C=O) groups excluding carboxylic acids is 1. The number of carbonyl (C=O) groups is 1. The zero-order valence-corrected chi connectivity index (χ0v) is 15.2. The van der Waals surface area contributed by atoms with E-state index in [1.165, 1.54) is 18.2 Å². The van der Waals surface area contributed by atoms with Gasteiger partial charge in [0.15, 0.2) is 0 Å². The van der Waals surface area contributed by atoms with E-state index < -0.39 is 10.8 Å². The van der Waals surface area contributed by atoms with E-state index in [2.05, 4.69) is 0 Å². The fourth-order valence-electron chi connectivity index (χ4n) is 2.82. The molecule has 0 fully saturated rings. The molecule has 0 heterocycles. The fraction of sp³-hybridized carbons (Fsp3) is 0.0952. The van der Waals surface area contributed by atoms with Crippen molar-refractivity contribution in [2.24, 2.45) is 0 Å². The number of benzene rings is 3. The third kappa shape index (κ3) is 4.71. The zero-order chi connectivity index (χ0) is 19.2. The van der Waals surface area contributed by atoms with E-state index in [4.69, 9.17) is 11.6 Å². The summed E-state index contributed by atoms with van der Waals surface area (Å²) in [4.78, 5) is 25.6. The number of nitro benzene ring substituents is 1. The predicted octanol–water partition coefficient (Wildman–Crippen LogP) is 5.09. The Morgan fingerprint density at radius 2 is 1.41 bits per heavy atom. The number of hydrogen-bond donors (Lipinski definition) is 0. The van der Waals surface area contributed by atoms with Crippen LogP contribution in [0.25, 0.3) is 0 Å². The Morgan fingerprint density at radius 3 is 1.89 bits per heavy atom. The molecular formula is C21H17ClN2O3. The summed E-state index contributed by atoms with van der Waals surface area (Å²) in [5.41, 5.74) is 1.60. The first-order valence-electron chi connectivity index (χ1n) is 8.35. The summed E-state index contributed by atoms with van der Waals surface area (Å²) in [7, 11) is 0. The zero-order valence-electron chi connectivity index (χ0n) is 14.4. The van der Waals surface area contributed by atoms with E-state index in [0.29, 0.717) is 13.1 Å². The summed E-state index contributed by atoms with van der Waals surface area (Å²) >= 11 is 6.00. The minimum Gasteiger partial charge on any atom is -0.330 e. The van der Waals surface area contributed by atoms with Crippen molar-refractivity contribution in [1.29, 1.82) is 0 Å². The van der Waals surface area contributed by atoms with Crippen LogP contribution in [0.1, 0.15) is 21.5 Å². The highest BCUT2D eigenvalue weighted by atomic mass is 35.5. The van der Waals surface area contributed by atoms with Gasteiger partial charge in [0.05, 0.1) is 4.92 Å². The average Bonchev–Trinajstić information content (AvgIpc) is 2.68. The van der Waals surface area contributed by atoms with Crippen LogP contribution in [0.5, 0.6) is 0 Å². The molecule has 0 aliphatic rings. The van der Waals surface area contributed by atoms with Gasteiger partial charge in [0.1, 0.15) is 5.56 Å². The van der Waals surface area contributed by atoms with Crippen LogP contribution < -0.4 is 0 Å². The van der Waals surface area contributed by atoms with Crippen LogP contribution in [-0.4, -0.2) is 15.7 Å². The topological polar surface area (TPSA) is 63.4 Å². The number of hydrogen-bond acceptors (Lipinski definition) is 3. The van der Waals surface area contributed by atoms with Crippen molar-refractivity contribution >= 4 is 23.2 Å². The van der Waals surface area contributed by atoms with Gasteiger partial charge in [0.2, 0.25) is 0 Å². The third-order valence-electron chi connectivity index (χ3n) is 4.11. The van der Waals surface area contributed by atoms with E-state index >= 15 is 0 Å². The first-order chi connectivity index (χ1) is 13.0. The molecule has 3 aromatic rings. The fourth-order valence-corrected chi connectivity index (χ4v) is 2.99. The molecule has 27 heavy (non-hydrogen) atoms. The Hall–Kier alpha value is -3.18. The van der Waals surface area contributed by atoms with Gasteiger partial charge >= 0.3 is 0 Å². The Kier molecular flexibility index (Phi) is 5.84. The van der Waals surface area contributed by atoms with Crippen molar-refractivity contribution in [1.82, 2.24) is 4.90 Å². The maximum absolute atomic E-state index is 13.2. The second kappa shape index (κ2) is 8.47. The van der Waals surface area contributed by atoms with Crippen LogP contribution in [0.2, 0.25) is 5.02 Å². The van der Waals surface area contributed by atoms with E-state index in [1.54, 1.807) is 4.90 Å². The molecule has 0 bridgehead atoms. The summed E-state index contributed by atoms with van der Waals surface area (Å²) in [5, 5.41) is 11.6.